The summed E-state index contributed by atoms with van der Waals surface area (Å²) in [6, 6.07) is 0. The first kappa shape index (κ1) is 10.8. The lowest BCUT2D eigenvalue weighted by Gasteiger charge is -2.26. The fraction of sp³-hybridized carbons (Fsp3) is 0.545. The first-order chi connectivity index (χ1) is 6.59. The van der Waals surface area contributed by atoms with E-state index in [1.165, 1.54) is 0 Å². The van der Waals surface area contributed by atoms with E-state index in [4.69, 9.17) is 4.74 Å². The van der Waals surface area contributed by atoms with Crippen LogP contribution in [-0.2, 0) is 9.53 Å². The third-order valence-electron chi connectivity index (χ3n) is 2.50. The number of rotatable bonds is 3. The number of amides is 1. The van der Waals surface area contributed by atoms with Gasteiger partial charge in [0.2, 0.25) is 5.91 Å². The fourth-order valence-corrected chi connectivity index (χ4v) is 1.49. The fourth-order valence-electron chi connectivity index (χ4n) is 1.49. The topological polar surface area (TPSA) is 38.3 Å². The molecular weight excluding hydrogens is 178 g/mol. The molecule has 0 aromatic carbocycles. The first-order valence-electron chi connectivity index (χ1n) is 4.73. The van der Waals surface area contributed by atoms with Crippen molar-refractivity contribution in [2.75, 3.05) is 14.2 Å². The molecule has 1 atom stereocenters. The molecule has 0 aromatic heterocycles. The standard InChI is InChI=1S/C11H17NO2/c1-11(8-10(13)12-2)6-4-9(14-3)5-7-11/h4-6H,7-8H2,1-3H3,(H,12,13). The summed E-state index contributed by atoms with van der Waals surface area (Å²) in [5, 5.41) is 2.64. The SMILES string of the molecule is CNC(=O)CC1(C)C=CC(OC)=CC1. The van der Waals surface area contributed by atoms with Crippen LogP contribution in [0.4, 0.5) is 0 Å². The smallest absolute Gasteiger partial charge is 0.220 e. The Labute approximate surface area is 84.8 Å². The van der Waals surface area contributed by atoms with Gasteiger partial charge < -0.3 is 10.1 Å². The second-order valence-electron chi connectivity index (χ2n) is 3.85. The molecule has 0 radical (unpaired) electrons. The molecule has 1 N–H and O–H groups in total. The number of methoxy groups -OCH3 is 1. The lowest BCUT2D eigenvalue weighted by atomic mass is 9.80. The Morgan fingerprint density at radius 1 is 1.71 bits per heavy atom. The Hall–Kier alpha value is -1.25. The Balaban J connectivity index is 2.59. The van der Waals surface area contributed by atoms with Crippen LogP contribution in [0.15, 0.2) is 24.0 Å². The maximum Gasteiger partial charge on any atom is 0.220 e. The van der Waals surface area contributed by atoms with Crippen molar-refractivity contribution in [3.8, 4) is 0 Å². The van der Waals surface area contributed by atoms with E-state index in [9.17, 15) is 4.79 Å². The van der Waals surface area contributed by atoms with Gasteiger partial charge in [-0.15, -0.1) is 0 Å². The van der Waals surface area contributed by atoms with Crippen molar-refractivity contribution in [2.45, 2.75) is 19.8 Å². The molecule has 0 heterocycles. The van der Waals surface area contributed by atoms with E-state index in [1.54, 1.807) is 14.2 Å². The van der Waals surface area contributed by atoms with Crippen LogP contribution < -0.4 is 5.32 Å². The van der Waals surface area contributed by atoms with Crippen molar-refractivity contribution in [1.29, 1.82) is 0 Å². The van der Waals surface area contributed by atoms with Gasteiger partial charge in [-0.2, -0.15) is 0 Å². The second kappa shape index (κ2) is 4.31. The summed E-state index contributed by atoms with van der Waals surface area (Å²) in [6.45, 7) is 2.07. The van der Waals surface area contributed by atoms with Gasteiger partial charge in [0.1, 0.15) is 5.76 Å². The number of nitrogens with one attached hydrogen (secondary N) is 1. The van der Waals surface area contributed by atoms with Crippen molar-refractivity contribution < 1.29 is 9.53 Å². The molecule has 0 aromatic rings. The van der Waals surface area contributed by atoms with Crippen LogP contribution in [-0.4, -0.2) is 20.1 Å². The predicted octanol–water partition coefficient (Wildman–Crippen LogP) is 1.62. The predicted molar refractivity (Wildman–Crippen MR) is 55.6 cm³/mol. The maximum atomic E-state index is 11.2. The van der Waals surface area contributed by atoms with Crippen molar-refractivity contribution >= 4 is 5.91 Å². The number of carbonyl (C=O) groups is 1. The van der Waals surface area contributed by atoms with Crippen molar-refractivity contribution in [3.05, 3.63) is 24.0 Å². The molecule has 1 aliphatic rings. The highest BCUT2D eigenvalue weighted by Gasteiger charge is 2.25. The lowest BCUT2D eigenvalue weighted by Crippen LogP contribution is -2.27. The number of carbonyl (C=O) groups excluding carboxylic acids is 1. The van der Waals surface area contributed by atoms with Crippen molar-refractivity contribution in [1.82, 2.24) is 5.32 Å². The molecule has 1 unspecified atom stereocenters. The molecule has 3 nitrogen and oxygen atoms in total. The number of hydrogen-bond acceptors (Lipinski definition) is 2. The molecule has 0 bridgehead atoms. The van der Waals surface area contributed by atoms with Crippen molar-refractivity contribution in [2.24, 2.45) is 5.41 Å². The van der Waals surface area contributed by atoms with Gasteiger partial charge in [0.15, 0.2) is 0 Å². The quantitative estimate of drug-likeness (QED) is 0.743. The summed E-state index contributed by atoms with van der Waals surface area (Å²) in [6.07, 6.45) is 7.35. The monoisotopic (exact) mass is 195 g/mol. The van der Waals surface area contributed by atoms with Gasteiger partial charge in [-0.1, -0.05) is 13.0 Å². The number of ether oxygens (including phenoxy) is 1. The first-order valence-corrected chi connectivity index (χ1v) is 4.73. The highest BCUT2D eigenvalue weighted by atomic mass is 16.5. The highest BCUT2D eigenvalue weighted by Crippen LogP contribution is 2.32. The van der Waals surface area contributed by atoms with Crippen LogP contribution in [0.1, 0.15) is 19.8 Å². The summed E-state index contributed by atoms with van der Waals surface area (Å²) in [7, 11) is 3.31. The number of hydrogen-bond donors (Lipinski definition) is 1. The van der Waals surface area contributed by atoms with E-state index in [1.807, 2.05) is 18.2 Å². The average molecular weight is 195 g/mol. The van der Waals surface area contributed by atoms with Crippen LogP contribution in [0.2, 0.25) is 0 Å². The van der Waals surface area contributed by atoms with Gasteiger partial charge in [0.05, 0.1) is 7.11 Å². The third-order valence-corrected chi connectivity index (χ3v) is 2.50. The molecule has 3 heteroatoms. The summed E-state index contributed by atoms with van der Waals surface area (Å²) >= 11 is 0. The van der Waals surface area contributed by atoms with Crippen LogP contribution in [0.3, 0.4) is 0 Å². The van der Waals surface area contributed by atoms with E-state index in [0.29, 0.717) is 6.42 Å². The molecule has 0 saturated carbocycles. The van der Waals surface area contributed by atoms with Crippen LogP contribution in [0, 0.1) is 5.41 Å². The molecule has 78 valence electrons. The molecule has 0 fully saturated rings. The minimum absolute atomic E-state index is 0.0673. The van der Waals surface area contributed by atoms with Gasteiger partial charge in [0.25, 0.3) is 0 Å². The van der Waals surface area contributed by atoms with Gasteiger partial charge in [0, 0.05) is 13.5 Å². The third kappa shape index (κ3) is 2.62. The molecule has 0 spiro atoms. The minimum atomic E-state index is -0.0673. The normalized spacial score (nSPS) is 25.5. The second-order valence-corrected chi connectivity index (χ2v) is 3.85. The Kier molecular flexibility index (Phi) is 3.33. The maximum absolute atomic E-state index is 11.2. The minimum Gasteiger partial charge on any atom is -0.497 e. The van der Waals surface area contributed by atoms with Gasteiger partial charge >= 0.3 is 0 Å². The zero-order valence-electron chi connectivity index (χ0n) is 8.96. The van der Waals surface area contributed by atoms with Gasteiger partial charge in [-0.25, -0.2) is 0 Å². The summed E-state index contributed by atoms with van der Waals surface area (Å²) in [5.41, 5.74) is -0.0673. The average Bonchev–Trinajstić information content (AvgIpc) is 2.18. The molecule has 14 heavy (non-hydrogen) atoms. The van der Waals surface area contributed by atoms with Crippen LogP contribution in [0.25, 0.3) is 0 Å². The molecule has 1 amide bonds. The van der Waals surface area contributed by atoms with Gasteiger partial charge in [-0.3, -0.25) is 4.79 Å². The van der Waals surface area contributed by atoms with Crippen molar-refractivity contribution in [3.63, 3.8) is 0 Å². The van der Waals surface area contributed by atoms with E-state index in [2.05, 4.69) is 12.2 Å². The van der Waals surface area contributed by atoms with Crippen LogP contribution >= 0.6 is 0 Å². The summed E-state index contributed by atoms with van der Waals surface area (Å²) < 4.78 is 5.09. The largest absolute Gasteiger partial charge is 0.497 e. The zero-order chi connectivity index (χ0) is 10.6. The Bertz CT molecular complexity index is 281. The Morgan fingerprint density at radius 2 is 2.43 bits per heavy atom. The molecule has 1 aliphatic carbocycles. The zero-order valence-corrected chi connectivity index (χ0v) is 8.96. The van der Waals surface area contributed by atoms with E-state index in [0.717, 1.165) is 12.2 Å². The lowest BCUT2D eigenvalue weighted by molar-refractivity contribution is -0.122. The summed E-state index contributed by atoms with van der Waals surface area (Å²) in [5.74, 6) is 0.950. The van der Waals surface area contributed by atoms with Crippen LogP contribution in [0.5, 0.6) is 0 Å². The van der Waals surface area contributed by atoms with E-state index < -0.39 is 0 Å². The summed E-state index contributed by atoms with van der Waals surface area (Å²) in [4.78, 5) is 11.2. The Morgan fingerprint density at radius 3 is 2.86 bits per heavy atom. The molecule has 1 rings (SSSR count). The molecular formula is C11H17NO2. The molecule has 0 aliphatic heterocycles. The van der Waals surface area contributed by atoms with Gasteiger partial charge in [-0.05, 0) is 24.0 Å². The number of allylic oxidation sites excluding steroid dienone is 3. The van der Waals surface area contributed by atoms with E-state index >= 15 is 0 Å². The van der Waals surface area contributed by atoms with E-state index in [-0.39, 0.29) is 11.3 Å². The molecule has 0 saturated heterocycles. The highest BCUT2D eigenvalue weighted by molar-refractivity contribution is 5.76.